The van der Waals surface area contributed by atoms with Gasteiger partial charge in [0.05, 0.1) is 7.11 Å². The zero-order valence-electron chi connectivity index (χ0n) is 18.6. The van der Waals surface area contributed by atoms with Crippen LogP contribution in [-0.2, 0) is 24.2 Å². The van der Waals surface area contributed by atoms with Gasteiger partial charge < -0.3 is 20.3 Å². The van der Waals surface area contributed by atoms with Crippen LogP contribution in [0, 0.1) is 6.92 Å². The Morgan fingerprint density at radius 1 is 1.16 bits per heavy atom. The number of guanidine groups is 1. The summed E-state index contributed by atoms with van der Waals surface area (Å²) in [5.41, 5.74) is 4.90. The first-order chi connectivity index (χ1) is 14.6. The molecule has 3 rings (SSSR count). The number of hydrogen-bond acceptors (Lipinski definition) is 3. The molecule has 0 saturated carbocycles. The highest BCUT2D eigenvalue weighted by atomic mass is 127. The van der Waals surface area contributed by atoms with Crippen molar-refractivity contribution < 1.29 is 9.53 Å². The summed E-state index contributed by atoms with van der Waals surface area (Å²) >= 11 is 0. The molecule has 0 atom stereocenters. The lowest BCUT2D eigenvalue weighted by atomic mass is 10.00. The van der Waals surface area contributed by atoms with Gasteiger partial charge in [-0.15, -0.1) is 24.0 Å². The van der Waals surface area contributed by atoms with Gasteiger partial charge in [-0.25, -0.2) is 4.99 Å². The average Bonchev–Trinajstić information content (AvgIpc) is 2.78. The largest absolute Gasteiger partial charge is 0.496 e. The molecule has 1 amide bonds. The molecule has 1 heterocycles. The van der Waals surface area contributed by atoms with Gasteiger partial charge in [-0.1, -0.05) is 36.4 Å². The van der Waals surface area contributed by atoms with Crippen LogP contribution in [-0.4, -0.2) is 50.1 Å². The number of rotatable bonds is 7. The first-order valence-electron chi connectivity index (χ1n) is 10.6. The number of nitrogens with one attached hydrogen (secondary N) is 2. The van der Waals surface area contributed by atoms with Crippen molar-refractivity contribution in [3.8, 4) is 5.75 Å². The van der Waals surface area contributed by atoms with Crippen LogP contribution in [0.1, 0.15) is 29.2 Å². The maximum Gasteiger partial charge on any atom is 0.244 e. The number of carbonyl (C=O) groups excluding carboxylic acids is 1. The molecule has 7 heteroatoms. The Labute approximate surface area is 202 Å². The second-order valence-corrected chi connectivity index (χ2v) is 7.51. The summed E-state index contributed by atoms with van der Waals surface area (Å²) < 4.78 is 5.40. The lowest BCUT2D eigenvalue weighted by Gasteiger charge is -2.28. The molecule has 0 bridgehead atoms. The first kappa shape index (κ1) is 25.0. The molecular weight excluding hydrogens is 503 g/mol. The molecule has 2 aromatic carbocycles. The van der Waals surface area contributed by atoms with E-state index in [4.69, 9.17) is 4.74 Å². The van der Waals surface area contributed by atoms with E-state index in [1.54, 1.807) is 7.11 Å². The van der Waals surface area contributed by atoms with Gasteiger partial charge in [-0.2, -0.15) is 0 Å². The van der Waals surface area contributed by atoms with Gasteiger partial charge in [-0.05, 0) is 55.0 Å². The summed E-state index contributed by atoms with van der Waals surface area (Å²) in [6.07, 6.45) is 1.75. The topological polar surface area (TPSA) is 66.0 Å². The van der Waals surface area contributed by atoms with Crippen molar-refractivity contribution in [1.82, 2.24) is 15.5 Å². The molecule has 1 aliphatic heterocycles. The normalized spacial score (nSPS) is 13.1. The highest BCUT2D eigenvalue weighted by molar-refractivity contribution is 14.0. The van der Waals surface area contributed by atoms with Crippen LogP contribution < -0.4 is 15.4 Å². The van der Waals surface area contributed by atoms with Crippen molar-refractivity contribution in [2.24, 2.45) is 4.99 Å². The zero-order valence-corrected chi connectivity index (χ0v) is 20.9. The Kier molecular flexibility index (Phi) is 10.1. The molecule has 1 aliphatic rings. The zero-order chi connectivity index (χ0) is 21.3. The predicted molar refractivity (Wildman–Crippen MR) is 136 cm³/mol. The van der Waals surface area contributed by atoms with Gasteiger partial charge >= 0.3 is 0 Å². The van der Waals surface area contributed by atoms with Crippen LogP contribution in [0.3, 0.4) is 0 Å². The highest BCUT2D eigenvalue weighted by Crippen LogP contribution is 2.19. The van der Waals surface area contributed by atoms with Gasteiger partial charge in [0.1, 0.15) is 12.3 Å². The van der Waals surface area contributed by atoms with Crippen molar-refractivity contribution in [2.45, 2.75) is 33.2 Å². The van der Waals surface area contributed by atoms with Gasteiger partial charge in [0, 0.05) is 26.2 Å². The van der Waals surface area contributed by atoms with Gasteiger partial charge in [0.15, 0.2) is 5.96 Å². The summed E-state index contributed by atoms with van der Waals surface area (Å²) in [5, 5.41) is 6.54. The molecule has 0 aliphatic carbocycles. The number of carbonyl (C=O) groups is 1. The lowest BCUT2D eigenvalue weighted by Crippen LogP contribution is -2.41. The number of halogens is 1. The molecule has 0 fully saturated rings. The molecule has 6 nitrogen and oxygen atoms in total. The minimum atomic E-state index is 0. The third kappa shape index (κ3) is 7.12. The molecule has 0 spiro atoms. The predicted octanol–water partition coefficient (Wildman–Crippen LogP) is 3.30. The second-order valence-electron chi connectivity index (χ2n) is 7.51. The molecule has 0 unspecified atom stereocenters. The maximum atomic E-state index is 12.7. The highest BCUT2D eigenvalue weighted by Gasteiger charge is 2.19. The fourth-order valence-corrected chi connectivity index (χ4v) is 3.64. The van der Waals surface area contributed by atoms with Gasteiger partial charge in [0.2, 0.25) is 5.91 Å². The van der Waals surface area contributed by atoms with E-state index in [1.165, 1.54) is 16.7 Å². The molecule has 0 aromatic heterocycles. The Hall–Kier alpha value is -2.29. The second kappa shape index (κ2) is 12.5. The molecule has 0 radical (unpaired) electrons. The van der Waals surface area contributed by atoms with Gasteiger partial charge in [-0.3, -0.25) is 4.79 Å². The quantitative estimate of drug-likeness (QED) is 0.324. The number of benzene rings is 2. The third-order valence-electron chi connectivity index (χ3n) is 5.38. The van der Waals surface area contributed by atoms with E-state index in [9.17, 15) is 4.79 Å². The number of fused-ring (bicyclic) bond motifs is 1. The van der Waals surface area contributed by atoms with Crippen molar-refractivity contribution in [3.63, 3.8) is 0 Å². The molecule has 2 aromatic rings. The Balaban J connectivity index is 0.00000341. The average molecular weight is 536 g/mol. The Morgan fingerprint density at radius 3 is 2.68 bits per heavy atom. The SMILES string of the molecule is CCNC(=NCC(=O)N1CCc2ccccc2C1)NCCc1ccc(C)c(OC)c1.I. The summed E-state index contributed by atoms with van der Waals surface area (Å²) in [4.78, 5) is 19.1. The number of nitrogens with zero attached hydrogens (tertiary/aromatic N) is 2. The maximum absolute atomic E-state index is 12.7. The molecule has 168 valence electrons. The van der Waals surface area contributed by atoms with Crippen LogP contribution in [0.4, 0.5) is 0 Å². The van der Waals surface area contributed by atoms with E-state index in [1.807, 2.05) is 24.8 Å². The van der Waals surface area contributed by atoms with Crippen LogP contribution >= 0.6 is 24.0 Å². The number of amides is 1. The van der Waals surface area contributed by atoms with E-state index >= 15 is 0 Å². The van der Waals surface area contributed by atoms with E-state index in [0.29, 0.717) is 12.5 Å². The number of hydrogen-bond donors (Lipinski definition) is 2. The number of aliphatic imine (C=N–C) groups is 1. The lowest BCUT2D eigenvalue weighted by molar-refractivity contribution is -0.130. The summed E-state index contributed by atoms with van der Waals surface area (Å²) in [5.74, 6) is 1.63. The van der Waals surface area contributed by atoms with Crippen LogP contribution in [0.15, 0.2) is 47.5 Å². The van der Waals surface area contributed by atoms with Crippen LogP contribution in [0.5, 0.6) is 5.75 Å². The third-order valence-corrected chi connectivity index (χ3v) is 5.38. The summed E-state index contributed by atoms with van der Waals surface area (Å²) in [6.45, 7) is 7.10. The molecular formula is C24H33IN4O2. The Bertz CT molecular complexity index is 901. The standard InChI is InChI=1S/C24H32N4O2.HI/c1-4-25-24(26-13-11-19-10-9-18(2)22(15-19)30-3)27-16-23(29)28-14-12-20-7-5-6-8-21(20)17-28;/h5-10,15H,4,11-14,16-17H2,1-3H3,(H2,25,26,27);1H. The van der Waals surface area contributed by atoms with Crippen molar-refractivity contribution in [1.29, 1.82) is 0 Å². The van der Waals surface area contributed by atoms with E-state index < -0.39 is 0 Å². The summed E-state index contributed by atoms with van der Waals surface area (Å²) in [6, 6.07) is 14.6. The first-order valence-corrected chi connectivity index (χ1v) is 10.6. The Morgan fingerprint density at radius 2 is 1.94 bits per heavy atom. The number of methoxy groups -OCH3 is 1. The minimum absolute atomic E-state index is 0. The summed E-state index contributed by atoms with van der Waals surface area (Å²) in [7, 11) is 1.69. The minimum Gasteiger partial charge on any atom is -0.496 e. The molecule has 2 N–H and O–H groups in total. The fraction of sp³-hybridized carbons (Fsp3) is 0.417. The van der Waals surface area contributed by atoms with Crippen molar-refractivity contribution in [3.05, 3.63) is 64.7 Å². The molecule has 31 heavy (non-hydrogen) atoms. The van der Waals surface area contributed by atoms with Crippen molar-refractivity contribution in [2.75, 3.05) is 33.3 Å². The number of aryl methyl sites for hydroxylation is 1. The number of ether oxygens (including phenoxy) is 1. The smallest absolute Gasteiger partial charge is 0.244 e. The fourth-order valence-electron chi connectivity index (χ4n) is 3.64. The van der Waals surface area contributed by atoms with E-state index in [2.05, 4.69) is 52.0 Å². The van der Waals surface area contributed by atoms with Crippen LogP contribution in [0.2, 0.25) is 0 Å². The molecule has 0 saturated heterocycles. The van der Waals surface area contributed by atoms with Crippen LogP contribution in [0.25, 0.3) is 0 Å². The van der Waals surface area contributed by atoms with Gasteiger partial charge in [0.25, 0.3) is 0 Å². The van der Waals surface area contributed by atoms with Crippen molar-refractivity contribution >= 4 is 35.8 Å². The van der Waals surface area contributed by atoms with E-state index in [-0.39, 0.29) is 36.4 Å². The van der Waals surface area contributed by atoms with E-state index in [0.717, 1.165) is 43.8 Å². The monoisotopic (exact) mass is 536 g/mol.